The first kappa shape index (κ1) is 17.4. The average Bonchev–Trinajstić information content (AvgIpc) is 2.99. The molecule has 4 nitrogen and oxygen atoms in total. The molecule has 0 radical (unpaired) electrons. The van der Waals surface area contributed by atoms with Crippen LogP contribution in [0.25, 0.3) is 10.9 Å². The lowest BCUT2D eigenvalue weighted by atomic mass is 10.1. The molecule has 4 rings (SSSR count). The fourth-order valence-electron chi connectivity index (χ4n) is 3.41. The minimum absolute atomic E-state index is 0.238. The molecule has 1 aliphatic rings. The molecule has 2 heterocycles. The van der Waals surface area contributed by atoms with Gasteiger partial charge in [-0.2, -0.15) is 0 Å². The lowest BCUT2D eigenvalue weighted by Gasteiger charge is -2.29. The molecule has 0 atom stereocenters. The van der Waals surface area contributed by atoms with Gasteiger partial charge in [-0.1, -0.05) is 33.6 Å². The van der Waals surface area contributed by atoms with Crippen molar-refractivity contribution in [1.82, 2.24) is 4.98 Å². The van der Waals surface area contributed by atoms with Crippen LogP contribution in [-0.4, -0.2) is 24.0 Å². The number of hydrogen-bond donors (Lipinski definition) is 2. The van der Waals surface area contributed by atoms with Gasteiger partial charge in [0, 0.05) is 39.8 Å². The van der Waals surface area contributed by atoms with Gasteiger partial charge in [0.05, 0.1) is 5.02 Å². The summed E-state index contributed by atoms with van der Waals surface area (Å²) in [6, 6.07) is 13.7. The molecule has 2 N–H and O–H groups in total. The number of carbonyl (C=O) groups is 1. The number of fused-ring (bicyclic) bond motifs is 1. The molecule has 3 aromatic rings. The fourth-order valence-corrected chi connectivity index (χ4v) is 4.06. The van der Waals surface area contributed by atoms with E-state index in [-0.39, 0.29) is 5.91 Å². The van der Waals surface area contributed by atoms with E-state index < -0.39 is 0 Å². The molecular formula is C20H19BrClN3O. The van der Waals surface area contributed by atoms with Gasteiger partial charge in [0.2, 0.25) is 0 Å². The van der Waals surface area contributed by atoms with Gasteiger partial charge < -0.3 is 15.2 Å². The highest BCUT2D eigenvalue weighted by molar-refractivity contribution is 9.10. The quantitative estimate of drug-likeness (QED) is 0.547. The van der Waals surface area contributed by atoms with E-state index >= 15 is 0 Å². The summed E-state index contributed by atoms with van der Waals surface area (Å²) >= 11 is 9.86. The van der Waals surface area contributed by atoms with E-state index in [1.807, 2.05) is 36.4 Å². The van der Waals surface area contributed by atoms with Gasteiger partial charge in [-0.25, -0.2) is 0 Å². The van der Waals surface area contributed by atoms with Crippen LogP contribution in [0.1, 0.15) is 29.8 Å². The highest BCUT2D eigenvalue weighted by atomic mass is 79.9. The summed E-state index contributed by atoms with van der Waals surface area (Å²) < 4.78 is 0.923. The Morgan fingerprint density at radius 3 is 2.73 bits per heavy atom. The van der Waals surface area contributed by atoms with E-state index in [0.717, 1.165) is 39.8 Å². The zero-order valence-electron chi connectivity index (χ0n) is 14.2. The number of amides is 1. The van der Waals surface area contributed by atoms with Gasteiger partial charge >= 0.3 is 0 Å². The van der Waals surface area contributed by atoms with Gasteiger partial charge in [-0.3, -0.25) is 4.79 Å². The number of rotatable bonds is 3. The molecule has 6 heteroatoms. The number of nitrogens with zero attached hydrogens (tertiary/aromatic N) is 1. The van der Waals surface area contributed by atoms with Gasteiger partial charge in [0.25, 0.3) is 5.91 Å². The summed E-state index contributed by atoms with van der Waals surface area (Å²) in [5.41, 5.74) is 3.14. The predicted octanol–water partition coefficient (Wildman–Crippen LogP) is 5.83. The van der Waals surface area contributed by atoms with Crippen molar-refractivity contribution >= 4 is 55.7 Å². The number of anilines is 2. The maximum Gasteiger partial charge on any atom is 0.273 e. The van der Waals surface area contributed by atoms with Crippen LogP contribution >= 0.6 is 27.5 Å². The Kier molecular flexibility index (Phi) is 4.92. The van der Waals surface area contributed by atoms with Crippen LogP contribution in [-0.2, 0) is 0 Å². The van der Waals surface area contributed by atoms with Crippen LogP contribution in [0.15, 0.2) is 46.9 Å². The number of halogens is 2. The first-order valence-corrected chi connectivity index (χ1v) is 9.92. The normalized spacial score (nSPS) is 14.6. The predicted molar refractivity (Wildman–Crippen MR) is 111 cm³/mol. The third-order valence-corrected chi connectivity index (χ3v) is 5.64. The largest absolute Gasteiger partial charge is 0.371 e. The van der Waals surface area contributed by atoms with Crippen molar-refractivity contribution in [3.8, 4) is 0 Å². The molecule has 1 aromatic heterocycles. The smallest absolute Gasteiger partial charge is 0.273 e. The van der Waals surface area contributed by atoms with Crippen molar-refractivity contribution in [2.45, 2.75) is 19.3 Å². The highest BCUT2D eigenvalue weighted by Crippen LogP contribution is 2.30. The van der Waals surface area contributed by atoms with Crippen molar-refractivity contribution in [2.24, 2.45) is 0 Å². The molecular weight excluding hydrogens is 414 g/mol. The van der Waals surface area contributed by atoms with E-state index in [4.69, 9.17) is 11.6 Å². The Hall–Kier alpha value is -1.98. The van der Waals surface area contributed by atoms with Gasteiger partial charge in [0.1, 0.15) is 5.69 Å². The second-order valence-corrected chi connectivity index (χ2v) is 7.85. The first-order valence-electron chi connectivity index (χ1n) is 8.75. The molecule has 0 spiro atoms. The van der Waals surface area contributed by atoms with E-state index in [1.165, 1.54) is 19.3 Å². The molecule has 1 saturated heterocycles. The SMILES string of the molecule is O=C(Nc1cccc(N2CCCCC2)c1)c1[nH]c2ccc(Br)cc2c1Cl. The molecule has 1 aliphatic heterocycles. The number of nitrogens with one attached hydrogen (secondary N) is 2. The maximum absolute atomic E-state index is 12.7. The topological polar surface area (TPSA) is 48.1 Å². The molecule has 2 aromatic carbocycles. The molecule has 0 aliphatic carbocycles. The maximum atomic E-state index is 12.7. The number of aromatic nitrogens is 1. The Bertz CT molecular complexity index is 963. The number of H-pyrrole nitrogens is 1. The highest BCUT2D eigenvalue weighted by Gasteiger charge is 2.17. The van der Waals surface area contributed by atoms with Gasteiger partial charge in [-0.05, 0) is 55.7 Å². The summed E-state index contributed by atoms with van der Waals surface area (Å²) in [5, 5.41) is 4.22. The average molecular weight is 433 g/mol. The lowest BCUT2D eigenvalue weighted by Crippen LogP contribution is -2.29. The Balaban J connectivity index is 1.57. The summed E-state index contributed by atoms with van der Waals surface area (Å²) in [4.78, 5) is 18.2. The third kappa shape index (κ3) is 3.46. The Morgan fingerprint density at radius 1 is 1.12 bits per heavy atom. The molecule has 1 amide bonds. The summed E-state index contributed by atoms with van der Waals surface area (Å²) in [6.07, 6.45) is 3.73. The summed E-state index contributed by atoms with van der Waals surface area (Å²) in [6.45, 7) is 2.14. The number of hydrogen-bond acceptors (Lipinski definition) is 2. The number of piperidine rings is 1. The monoisotopic (exact) mass is 431 g/mol. The first-order chi connectivity index (χ1) is 12.6. The van der Waals surface area contributed by atoms with Crippen LogP contribution in [0.2, 0.25) is 5.02 Å². The van der Waals surface area contributed by atoms with Gasteiger partial charge in [0.15, 0.2) is 0 Å². The fraction of sp³-hybridized carbons (Fsp3) is 0.250. The lowest BCUT2D eigenvalue weighted by molar-refractivity contribution is 0.102. The molecule has 26 heavy (non-hydrogen) atoms. The van der Waals surface area contributed by atoms with E-state index in [9.17, 15) is 4.79 Å². The zero-order valence-corrected chi connectivity index (χ0v) is 16.5. The van der Waals surface area contributed by atoms with Crippen LogP contribution in [0.4, 0.5) is 11.4 Å². The molecule has 0 bridgehead atoms. The molecule has 0 unspecified atom stereocenters. The Labute approximate surface area is 165 Å². The second kappa shape index (κ2) is 7.33. The number of carbonyl (C=O) groups excluding carboxylic acids is 1. The second-order valence-electron chi connectivity index (χ2n) is 6.56. The van der Waals surface area contributed by atoms with Crippen molar-refractivity contribution in [2.75, 3.05) is 23.3 Å². The van der Waals surface area contributed by atoms with E-state index in [2.05, 4.69) is 37.2 Å². The molecule has 1 fully saturated rings. The van der Waals surface area contributed by atoms with E-state index in [1.54, 1.807) is 0 Å². The van der Waals surface area contributed by atoms with Gasteiger partial charge in [-0.15, -0.1) is 0 Å². The zero-order chi connectivity index (χ0) is 18.1. The molecule has 134 valence electrons. The standard InChI is InChI=1S/C20H19BrClN3O/c21-13-7-8-17-16(11-13)18(22)19(24-17)20(26)23-14-5-4-6-15(12-14)25-9-2-1-3-10-25/h4-8,11-12,24H,1-3,9-10H2,(H,23,26). The van der Waals surface area contributed by atoms with Crippen LogP contribution in [0.3, 0.4) is 0 Å². The van der Waals surface area contributed by atoms with Crippen molar-refractivity contribution in [1.29, 1.82) is 0 Å². The van der Waals surface area contributed by atoms with Crippen molar-refractivity contribution in [3.05, 3.63) is 57.7 Å². The van der Waals surface area contributed by atoms with Crippen LogP contribution in [0.5, 0.6) is 0 Å². The van der Waals surface area contributed by atoms with Crippen molar-refractivity contribution < 1.29 is 4.79 Å². The Morgan fingerprint density at radius 2 is 1.92 bits per heavy atom. The molecule has 0 saturated carbocycles. The number of aromatic amines is 1. The summed E-state index contributed by atoms with van der Waals surface area (Å²) in [7, 11) is 0. The minimum Gasteiger partial charge on any atom is -0.371 e. The van der Waals surface area contributed by atoms with E-state index in [0.29, 0.717) is 10.7 Å². The van der Waals surface area contributed by atoms with Crippen molar-refractivity contribution in [3.63, 3.8) is 0 Å². The number of benzene rings is 2. The third-order valence-electron chi connectivity index (χ3n) is 4.75. The van der Waals surface area contributed by atoms with Crippen LogP contribution < -0.4 is 10.2 Å². The summed E-state index contributed by atoms with van der Waals surface area (Å²) in [5.74, 6) is -0.238. The van der Waals surface area contributed by atoms with Crippen LogP contribution in [0, 0.1) is 0 Å². The minimum atomic E-state index is -0.238.